The summed E-state index contributed by atoms with van der Waals surface area (Å²) in [7, 11) is 0. The molecular formula is C21H22ClF3N2O. The zero-order valence-electron chi connectivity index (χ0n) is 15.5. The highest BCUT2D eigenvalue weighted by Crippen LogP contribution is 2.37. The van der Waals surface area contributed by atoms with E-state index in [0.29, 0.717) is 12.8 Å². The molecule has 0 spiro atoms. The van der Waals surface area contributed by atoms with Crippen molar-refractivity contribution in [3.05, 3.63) is 64.2 Å². The number of benzene rings is 2. The molecule has 1 fully saturated rings. The number of likely N-dealkylation sites (tertiary alicyclic amines) is 1. The number of hydrogen-bond donors (Lipinski definition) is 1. The first kappa shape index (κ1) is 20.7. The predicted molar refractivity (Wildman–Crippen MR) is 104 cm³/mol. The first-order valence-electron chi connectivity index (χ1n) is 9.18. The molecule has 0 radical (unpaired) electrons. The molecule has 1 heterocycles. The van der Waals surface area contributed by atoms with Crippen LogP contribution in [0, 0.1) is 12.8 Å². The minimum atomic E-state index is -4.58. The van der Waals surface area contributed by atoms with E-state index in [9.17, 15) is 18.0 Å². The molecule has 3 rings (SSSR count). The van der Waals surface area contributed by atoms with Crippen molar-refractivity contribution in [1.29, 1.82) is 0 Å². The Morgan fingerprint density at radius 1 is 1.18 bits per heavy atom. The molecule has 28 heavy (non-hydrogen) atoms. The molecule has 150 valence electrons. The molecule has 1 aliphatic heterocycles. The smallest absolute Gasteiger partial charge is 0.325 e. The van der Waals surface area contributed by atoms with Gasteiger partial charge in [0.1, 0.15) is 0 Å². The van der Waals surface area contributed by atoms with Crippen LogP contribution in [0.25, 0.3) is 0 Å². The van der Waals surface area contributed by atoms with Crippen molar-refractivity contribution in [2.75, 3.05) is 18.4 Å². The second-order valence-electron chi connectivity index (χ2n) is 7.15. The van der Waals surface area contributed by atoms with Crippen molar-refractivity contribution in [3.63, 3.8) is 0 Å². The van der Waals surface area contributed by atoms with Crippen LogP contribution in [-0.2, 0) is 17.5 Å². The van der Waals surface area contributed by atoms with Crippen molar-refractivity contribution in [2.45, 2.75) is 32.5 Å². The Hall–Kier alpha value is -2.05. The average molecular weight is 411 g/mol. The predicted octanol–water partition coefficient (Wildman–Crippen LogP) is 5.52. The Morgan fingerprint density at radius 2 is 1.86 bits per heavy atom. The number of piperidine rings is 1. The summed E-state index contributed by atoms with van der Waals surface area (Å²) < 4.78 is 39.6. The summed E-state index contributed by atoms with van der Waals surface area (Å²) in [5.74, 6) is -0.673. The lowest BCUT2D eigenvalue weighted by atomic mass is 9.95. The van der Waals surface area contributed by atoms with Crippen molar-refractivity contribution >= 4 is 23.2 Å². The second-order valence-corrected chi connectivity index (χ2v) is 7.59. The highest BCUT2D eigenvalue weighted by molar-refractivity contribution is 6.30. The third kappa shape index (κ3) is 5.06. The number of carbonyl (C=O) groups excluding carboxylic acids is 1. The first-order valence-corrected chi connectivity index (χ1v) is 9.56. The quantitative estimate of drug-likeness (QED) is 0.720. The molecule has 1 aliphatic rings. The van der Waals surface area contributed by atoms with Crippen LogP contribution in [0.2, 0.25) is 5.02 Å². The number of rotatable bonds is 4. The summed E-state index contributed by atoms with van der Waals surface area (Å²) >= 11 is 5.68. The lowest BCUT2D eigenvalue weighted by Gasteiger charge is -2.31. The number of halogens is 4. The lowest BCUT2D eigenvalue weighted by Crippen LogP contribution is -2.38. The number of nitrogens with zero attached hydrogens (tertiary/aromatic N) is 1. The fourth-order valence-electron chi connectivity index (χ4n) is 3.48. The molecular weight excluding hydrogens is 389 g/mol. The molecule has 7 heteroatoms. The van der Waals surface area contributed by atoms with Gasteiger partial charge in [-0.15, -0.1) is 0 Å². The summed E-state index contributed by atoms with van der Waals surface area (Å²) in [5.41, 5.74) is 1.31. The molecule has 0 aromatic heterocycles. The topological polar surface area (TPSA) is 32.3 Å². The summed E-state index contributed by atoms with van der Waals surface area (Å²) in [4.78, 5) is 14.8. The number of nitrogens with one attached hydrogen (secondary N) is 1. The molecule has 0 saturated carbocycles. The fraction of sp³-hybridized carbons (Fsp3) is 0.381. The van der Waals surface area contributed by atoms with Crippen LogP contribution < -0.4 is 5.32 Å². The maximum Gasteiger partial charge on any atom is 0.418 e. The summed E-state index contributed by atoms with van der Waals surface area (Å²) in [6.45, 7) is 4.36. The molecule has 1 amide bonds. The Bertz CT molecular complexity index is 846. The van der Waals surface area contributed by atoms with Crippen molar-refractivity contribution in [3.8, 4) is 0 Å². The van der Waals surface area contributed by atoms with Gasteiger partial charge in [0.05, 0.1) is 11.3 Å². The van der Waals surface area contributed by atoms with E-state index >= 15 is 0 Å². The number of aryl methyl sites for hydroxylation is 1. The number of hydrogen-bond acceptors (Lipinski definition) is 2. The Balaban J connectivity index is 1.60. The van der Waals surface area contributed by atoms with Gasteiger partial charge in [-0.1, -0.05) is 35.9 Å². The van der Waals surface area contributed by atoms with E-state index in [-0.39, 0.29) is 22.5 Å². The zero-order chi connectivity index (χ0) is 20.3. The van der Waals surface area contributed by atoms with E-state index in [0.717, 1.165) is 25.7 Å². The highest BCUT2D eigenvalue weighted by Gasteiger charge is 2.35. The van der Waals surface area contributed by atoms with Gasteiger partial charge >= 0.3 is 6.18 Å². The van der Waals surface area contributed by atoms with Crippen LogP contribution in [0.1, 0.15) is 29.5 Å². The maximum absolute atomic E-state index is 13.2. The molecule has 3 nitrogen and oxygen atoms in total. The van der Waals surface area contributed by atoms with Gasteiger partial charge in [-0.05, 0) is 62.2 Å². The minimum absolute atomic E-state index is 0.0187. The largest absolute Gasteiger partial charge is 0.418 e. The molecule has 2 aromatic rings. The molecule has 2 aromatic carbocycles. The van der Waals surface area contributed by atoms with Gasteiger partial charge in [-0.2, -0.15) is 13.2 Å². The third-order valence-corrected chi connectivity index (χ3v) is 5.39. The zero-order valence-corrected chi connectivity index (χ0v) is 16.3. The highest BCUT2D eigenvalue weighted by atomic mass is 35.5. The van der Waals surface area contributed by atoms with Crippen LogP contribution >= 0.6 is 11.6 Å². The summed E-state index contributed by atoms with van der Waals surface area (Å²) in [6.07, 6.45) is -3.34. The fourth-order valence-corrected chi connectivity index (χ4v) is 3.65. The van der Waals surface area contributed by atoms with E-state index in [1.807, 2.05) is 12.1 Å². The standard InChI is InChI=1S/C21H22ClF3N2O/c1-14-4-2-3-5-16(14)13-27-10-8-15(9-11-27)20(28)26-19-7-6-17(22)12-18(19)21(23,24)25/h2-7,12,15H,8-11,13H2,1H3,(H,26,28). The van der Waals surface area contributed by atoms with Gasteiger partial charge in [0.15, 0.2) is 0 Å². The van der Waals surface area contributed by atoms with Crippen LogP contribution in [0.15, 0.2) is 42.5 Å². The molecule has 1 saturated heterocycles. The Morgan fingerprint density at radius 3 is 2.50 bits per heavy atom. The molecule has 1 N–H and O–H groups in total. The molecule has 0 unspecified atom stereocenters. The van der Waals surface area contributed by atoms with Crippen LogP contribution in [0.3, 0.4) is 0 Å². The van der Waals surface area contributed by atoms with Crippen LogP contribution in [0.5, 0.6) is 0 Å². The van der Waals surface area contributed by atoms with E-state index in [4.69, 9.17) is 11.6 Å². The van der Waals surface area contributed by atoms with Crippen LogP contribution in [-0.4, -0.2) is 23.9 Å². The molecule has 0 atom stereocenters. The van der Waals surface area contributed by atoms with E-state index < -0.39 is 11.7 Å². The van der Waals surface area contributed by atoms with Crippen molar-refractivity contribution in [2.24, 2.45) is 5.92 Å². The van der Waals surface area contributed by atoms with E-state index in [1.165, 1.54) is 23.3 Å². The van der Waals surface area contributed by atoms with Crippen molar-refractivity contribution in [1.82, 2.24) is 4.90 Å². The molecule has 0 bridgehead atoms. The Kier molecular flexibility index (Phi) is 6.30. The first-order chi connectivity index (χ1) is 13.2. The maximum atomic E-state index is 13.2. The second kappa shape index (κ2) is 8.53. The molecule has 0 aliphatic carbocycles. The van der Waals surface area contributed by atoms with Gasteiger partial charge in [0.25, 0.3) is 0 Å². The third-order valence-electron chi connectivity index (χ3n) is 5.16. The van der Waals surface area contributed by atoms with Gasteiger partial charge < -0.3 is 5.32 Å². The minimum Gasteiger partial charge on any atom is -0.325 e. The normalized spacial score (nSPS) is 16.2. The van der Waals surface area contributed by atoms with E-state index in [2.05, 4.69) is 29.3 Å². The SMILES string of the molecule is Cc1ccccc1CN1CCC(C(=O)Nc2ccc(Cl)cc2C(F)(F)F)CC1. The number of anilines is 1. The van der Waals surface area contributed by atoms with Gasteiger partial charge in [-0.3, -0.25) is 9.69 Å². The number of alkyl halides is 3. The van der Waals surface area contributed by atoms with E-state index in [1.54, 1.807) is 0 Å². The monoisotopic (exact) mass is 410 g/mol. The Labute approximate surface area is 167 Å². The average Bonchev–Trinajstić information content (AvgIpc) is 2.65. The van der Waals surface area contributed by atoms with Gasteiger partial charge in [0.2, 0.25) is 5.91 Å². The lowest BCUT2D eigenvalue weighted by molar-refractivity contribution is -0.137. The summed E-state index contributed by atoms with van der Waals surface area (Å²) in [6, 6.07) is 11.6. The summed E-state index contributed by atoms with van der Waals surface area (Å²) in [5, 5.41) is 2.43. The number of carbonyl (C=O) groups is 1. The van der Waals surface area contributed by atoms with Gasteiger partial charge in [0, 0.05) is 17.5 Å². The van der Waals surface area contributed by atoms with Gasteiger partial charge in [-0.25, -0.2) is 0 Å². The number of amides is 1. The van der Waals surface area contributed by atoms with Crippen LogP contribution in [0.4, 0.5) is 18.9 Å². The van der Waals surface area contributed by atoms with Crippen molar-refractivity contribution < 1.29 is 18.0 Å².